The molecule has 0 rings (SSSR count). The van der Waals surface area contributed by atoms with E-state index >= 15 is 0 Å². The maximum Gasteiger partial charge on any atom is 0.306 e. The van der Waals surface area contributed by atoms with Gasteiger partial charge in [-0.25, -0.2) is 0 Å². The summed E-state index contributed by atoms with van der Waals surface area (Å²) in [4.78, 5) is 37.7. The molecule has 0 aromatic rings. The van der Waals surface area contributed by atoms with E-state index < -0.39 is 6.10 Å². The first kappa shape index (κ1) is 51.6. The minimum absolute atomic E-state index is 0.105. The second-order valence-corrected chi connectivity index (χ2v) is 14.2. The van der Waals surface area contributed by atoms with Crippen LogP contribution in [0.3, 0.4) is 0 Å². The van der Waals surface area contributed by atoms with Crippen LogP contribution in [0.1, 0.15) is 188 Å². The summed E-state index contributed by atoms with van der Waals surface area (Å²) >= 11 is 0. The Hall–Kier alpha value is -3.41. The molecule has 0 saturated carbocycles. The second-order valence-electron chi connectivity index (χ2n) is 14.2. The third-order valence-electron chi connectivity index (χ3n) is 8.86. The van der Waals surface area contributed by atoms with Crippen molar-refractivity contribution in [1.29, 1.82) is 0 Å². The molecule has 0 fully saturated rings. The SMILES string of the molecule is CC/C=C\C/C=C\C/C=C\CCCCCCC(=O)OCC(COC(=O)CCCCCCC/C=C\CCCC)OC(=O)CCCC/C=C\C/C=C\C/C=C\CC. The topological polar surface area (TPSA) is 78.9 Å². The first-order valence-corrected chi connectivity index (χ1v) is 22.1. The van der Waals surface area contributed by atoms with E-state index in [-0.39, 0.29) is 37.5 Å². The zero-order chi connectivity index (χ0) is 40.1. The fourth-order valence-electron chi connectivity index (χ4n) is 5.57. The molecule has 0 amide bonds. The predicted octanol–water partition coefficient (Wildman–Crippen LogP) is 14.1. The van der Waals surface area contributed by atoms with Crippen LogP contribution in [0.2, 0.25) is 0 Å². The average Bonchev–Trinajstić information content (AvgIpc) is 3.18. The van der Waals surface area contributed by atoms with E-state index in [4.69, 9.17) is 14.2 Å². The number of esters is 3. The first-order chi connectivity index (χ1) is 27.0. The van der Waals surface area contributed by atoms with E-state index in [9.17, 15) is 14.4 Å². The molecular weight excluding hydrogens is 685 g/mol. The lowest BCUT2D eigenvalue weighted by molar-refractivity contribution is -0.167. The Bertz CT molecular complexity index is 1110. The lowest BCUT2D eigenvalue weighted by atomic mass is 10.1. The van der Waals surface area contributed by atoms with Crippen molar-refractivity contribution in [2.24, 2.45) is 0 Å². The fourth-order valence-corrected chi connectivity index (χ4v) is 5.57. The van der Waals surface area contributed by atoms with E-state index in [1.807, 2.05) is 0 Å². The molecule has 0 aromatic heterocycles. The van der Waals surface area contributed by atoms with Crippen molar-refractivity contribution < 1.29 is 28.6 Å². The van der Waals surface area contributed by atoms with Crippen LogP contribution in [0.15, 0.2) is 85.1 Å². The molecule has 0 aromatic carbocycles. The van der Waals surface area contributed by atoms with Gasteiger partial charge >= 0.3 is 17.9 Å². The zero-order valence-electron chi connectivity index (χ0n) is 35.4. The molecule has 0 aliphatic carbocycles. The predicted molar refractivity (Wildman–Crippen MR) is 233 cm³/mol. The van der Waals surface area contributed by atoms with Gasteiger partial charge < -0.3 is 14.2 Å². The summed E-state index contributed by atoms with van der Waals surface area (Å²) in [5.41, 5.74) is 0. The third-order valence-corrected chi connectivity index (χ3v) is 8.86. The van der Waals surface area contributed by atoms with Gasteiger partial charge in [0.1, 0.15) is 13.2 Å². The van der Waals surface area contributed by atoms with Crippen molar-refractivity contribution in [2.75, 3.05) is 13.2 Å². The van der Waals surface area contributed by atoms with Crippen molar-refractivity contribution in [2.45, 2.75) is 194 Å². The van der Waals surface area contributed by atoms with Gasteiger partial charge in [0, 0.05) is 19.3 Å². The monoisotopic (exact) mass is 765 g/mol. The number of carbonyl (C=O) groups is 3. The minimum atomic E-state index is -0.806. The van der Waals surface area contributed by atoms with Gasteiger partial charge in [0.15, 0.2) is 6.10 Å². The van der Waals surface area contributed by atoms with Crippen LogP contribution in [0.25, 0.3) is 0 Å². The Kier molecular flexibility index (Phi) is 40.6. The fraction of sp³-hybridized carbons (Fsp3) is 0.653. The van der Waals surface area contributed by atoms with Crippen LogP contribution in [0.5, 0.6) is 0 Å². The Morgan fingerprint density at radius 3 is 1.16 bits per heavy atom. The summed E-state index contributed by atoms with van der Waals surface area (Å²) in [5.74, 6) is -0.988. The molecular formula is C49H80O6. The smallest absolute Gasteiger partial charge is 0.306 e. The quantitative estimate of drug-likeness (QED) is 0.0270. The van der Waals surface area contributed by atoms with Crippen LogP contribution < -0.4 is 0 Å². The molecule has 0 aliphatic heterocycles. The summed E-state index contributed by atoms with van der Waals surface area (Å²) in [6, 6.07) is 0. The highest BCUT2D eigenvalue weighted by Crippen LogP contribution is 2.12. The molecule has 0 spiro atoms. The number of rotatable bonds is 38. The van der Waals surface area contributed by atoms with Gasteiger partial charge in [0.2, 0.25) is 0 Å². The first-order valence-electron chi connectivity index (χ1n) is 22.1. The van der Waals surface area contributed by atoms with Gasteiger partial charge in [-0.05, 0) is 103 Å². The van der Waals surface area contributed by atoms with E-state index in [1.54, 1.807) is 0 Å². The van der Waals surface area contributed by atoms with Crippen LogP contribution in [-0.4, -0.2) is 37.2 Å². The number of carbonyl (C=O) groups excluding carboxylic acids is 3. The van der Waals surface area contributed by atoms with Crippen molar-refractivity contribution in [1.82, 2.24) is 0 Å². The van der Waals surface area contributed by atoms with E-state index in [2.05, 4.69) is 106 Å². The van der Waals surface area contributed by atoms with Crippen molar-refractivity contribution in [3.8, 4) is 0 Å². The van der Waals surface area contributed by atoms with Gasteiger partial charge in [0.05, 0.1) is 0 Å². The molecule has 55 heavy (non-hydrogen) atoms. The Labute approximate surface area is 337 Å². The van der Waals surface area contributed by atoms with Crippen molar-refractivity contribution in [3.63, 3.8) is 0 Å². The molecule has 6 heteroatoms. The number of hydrogen-bond acceptors (Lipinski definition) is 6. The highest BCUT2D eigenvalue weighted by Gasteiger charge is 2.19. The van der Waals surface area contributed by atoms with Crippen LogP contribution in [0, 0.1) is 0 Å². The lowest BCUT2D eigenvalue weighted by Gasteiger charge is -2.18. The average molecular weight is 765 g/mol. The molecule has 312 valence electrons. The van der Waals surface area contributed by atoms with Crippen LogP contribution in [-0.2, 0) is 28.6 Å². The molecule has 0 aliphatic rings. The molecule has 1 atom stereocenters. The molecule has 0 bridgehead atoms. The molecule has 0 N–H and O–H groups in total. The van der Waals surface area contributed by atoms with Crippen LogP contribution >= 0.6 is 0 Å². The maximum atomic E-state index is 12.7. The van der Waals surface area contributed by atoms with Gasteiger partial charge in [0.25, 0.3) is 0 Å². The number of allylic oxidation sites excluding steroid dienone is 14. The summed E-state index contributed by atoms with van der Waals surface area (Å²) < 4.78 is 16.6. The van der Waals surface area contributed by atoms with Gasteiger partial charge in [-0.2, -0.15) is 0 Å². The molecule has 0 radical (unpaired) electrons. The zero-order valence-corrected chi connectivity index (χ0v) is 35.4. The van der Waals surface area contributed by atoms with E-state index in [0.29, 0.717) is 19.3 Å². The van der Waals surface area contributed by atoms with Crippen LogP contribution in [0.4, 0.5) is 0 Å². The molecule has 0 heterocycles. The Morgan fingerprint density at radius 2 is 0.709 bits per heavy atom. The van der Waals surface area contributed by atoms with Crippen molar-refractivity contribution >= 4 is 17.9 Å². The van der Waals surface area contributed by atoms with Gasteiger partial charge in [-0.1, -0.05) is 151 Å². The Balaban J connectivity index is 4.50. The summed E-state index contributed by atoms with van der Waals surface area (Å²) in [6.07, 6.45) is 54.3. The summed E-state index contributed by atoms with van der Waals surface area (Å²) in [7, 11) is 0. The number of unbranched alkanes of at least 4 members (excludes halogenated alkanes) is 13. The lowest BCUT2D eigenvalue weighted by Crippen LogP contribution is -2.30. The molecule has 6 nitrogen and oxygen atoms in total. The standard InChI is InChI=1S/C49H80O6/c1-4-7-10-13-16-19-22-24-25-28-30-33-36-39-42-48(51)54-45-46(44-53-47(50)41-38-35-32-29-26-21-18-15-12-9-6-3)55-49(52)43-40-37-34-31-27-23-20-17-14-11-8-5-2/h7-8,10-11,15-20,24-25,27,31,46H,4-6,9,12-14,21-23,26,28-30,32-45H2,1-3H3/b10-7-,11-8-,18-15-,19-16-,20-17-,25-24-,31-27-. The van der Waals surface area contributed by atoms with Gasteiger partial charge in [-0.3, -0.25) is 14.4 Å². The van der Waals surface area contributed by atoms with Gasteiger partial charge in [-0.15, -0.1) is 0 Å². The molecule has 1 unspecified atom stereocenters. The highest BCUT2D eigenvalue weighted by atomic mass is 16.6. The molecule has 0 saturated heterocycles. The second kappa shape index (κ2) is 43.3. The third kappa shape index (κ3) is 41.6. The van der Waals surface area contributed by atoms with E-state index in [0.717, 1.165) is 116 Å². The number of hydrogen-bond donors (Lipinski definition) is 0. The number of ether oxygens (including phenoxy) is 3. The summed E-state index contributed by atoms with van der Waals surface area (Å²) in [6.45, 7) is 6.28. The normalized spacial score (nSPS) is 12.9. The van der Waals surface area contributed by atoms with E-state index in [1.165, 1.54) is 25.7 Å². The Morgan fingerprint density at radius 1 is 0.382 bits per heavy atom. The summed E-state index contributed by atoms with van der Waals surface area (Å²) in [5, 5.41) is 0. The maximum absolute atomic E-state index is 12.7. The highest BCUT2D eigenvalue weighted by molar-refractivity contribution is 5.71. The largest absolute Gasteiger partial charge is 0.462 e. The van der Waals surface area contributed by atoms with Crippen molar-refractivity contribution in [3.05, 3.63) is 85.1 Å². The minimum Gasteiger partial charge on any atom is -0.462 e.